The van der Waals surface area contributed by atoms with Crippen LogP contribution >= 0.6 is 11.8 Å². The zero-order valence-electron chi connectivity index (χ0n) is 13.6. The Hall–Kier alpha value is -2.48. The summed E-state index contributed by atoms with van der Waals surface area (Å²) in [6.45, 7) is 6.13. The van der Waals surface area contributed by atoms with Crippen LogP contribution in [0, 0.1) is 6.92 Å². The third-order valence-electron chi connectivity index (χ3n) is 3.28. The van der Waals surface area contributed by atoms with Gasteiger partial charge in [0.15, 0.2) is 11.0 Å². The molecule has 0 spiro atoms. The van der Waals surface area contributed by atoms with Gasteiger partial charge in [-0.2, -0.15) is 0 Å². The molecule has 8 heteroatoms. The number of aryl methyl sites for hydroxylation is 1. The molecule has 24 heavy (non-hydrogen) atoms. The summed E-state index contributed by atoms with van der Waals surface area (Å²) in [6, 6.07) is 7.35. The molecule has 7 nitrogen and oxygen atoms in total. The predicted molar refractivity (Wildman–Crippen MR) is 92.5 cm³/mol. The average molecular weight is 346 g/mol. The fraction of sp³-hybridized carbons (Fsp3) is 0.312. The van der Waals surface area contributed by atoms with Gasteiger partial charge in [-0.05, 0) is 32.9 Å². The molecular weight excluding hydrogens is 328 g/mol. The zero-order valence-corrected chi connectivity index (χ0v) is 14.4. The molecule has 1 amide bonds. The lowest BCUT2D eigenvalue weighted by Gasteiger charge is -2.07. The van der Waals surface area contributed by atoms with Gasteiger partial charge < -0.3 is 19.6 Å². The Bertz CT molecular complexity index is 858. The molecule has 3 rings (SSSR count). The van der Waals surface area contributed by atoms with Crippen molar-refractivity contribution in [1.82, 2.24) is 15.1 Å². The van der Waals surface area contributed by atoms with E-state index in [0.717, 1.165) is 16.8 Å². The maximum absolute atomic E-state index is 12.2. The van der Waals surface area contributed by atoms with Crippen molar-refractivity contribution >= 4 is 34.5 Å². The Morgan fingerprint density at radius 1 is 1.46 bits per heavy atom. The largest absolute Gasteiger partial charge is 0.494 e. The Balaban J connectivity index is 1.68. The van der Waals surface area contributed by atoms with Crippen LogP contribution in [-0.4, -0.2) is 32.9 Å². The van der Waals surface area contributed by atoms with E-state index in [0.29, 0.717) is 23.3 Å². The third-order valence-corrected chi connectivity index (χ3v) is 4.26. The molecule has 2 N–H and O–H groups in total. The standard InChI is InChI=1S/C16H18N4O3S/c1-4-22-11-5-6-12-13(8-11)18-16(17-12)24-10(3)15(21)19-14-7-9(2)23-20-14/h5-8,10H,4H2,1-3H3,(H,17,18)(H,19,20,21)/t10-/m0/s1. The van der Waals surface area contributed by atoms with Crippen LogP contribution in [0.4, 0.5) is 5.82 Å². The van der Waals surface area contributed by atoms with Gasteiger partial charge >= 0.3 is 0 Å². The molecule has 0 bridgehead atoms. The van der Waals surface area contributed by atoms with E-state index in [9.17, 15) is 4.79 Å². The second kappa shape index (κ2) is 6.96. The highest BCUT2D eigenvalue weighted by atomic mass is 32.2. The summed E-state index contributed by atoms with van der Waals surface area (Å²) < 4.78 is 10.4. The van der Waals surface area contributed by atoms with E-state index >= 15 is 0 Å². The van der Waals surface area contributed by atoms with Crippen LogP contribution in [0.2, 0.25) is 0 Å². The van der Waals surface area contributed by atoms with E-state index in [1.54, 1.807) is 13.0 Å². The van der Waals surface area contributed by atoms with Crippen LogP contribution in [0.5, 0.6) is 5.75 Å². The fourth-order valence-corrected chi connectivity index (χ4v) is 2.97. The molecule has 2 aromatic heterocycles. The molecule has 0 fully saturated rings. The van der Waals surface area contributed by atoms with E-state index in [4.69, 9.17) is 9.26 Å². The number of fused-ring (bicyclic) bond motifs is 1. The highest BCUT2D eigenvalue weighted by Crippen LogP contribution is 2.26. The van der Waals surface area contributed by atoms with Crippen molar-refractivity contribution in [2.75, 3.05) is 11.9 Å². The van der Waals surface area contributed by atoms with Gasteiger partial charge in [0.25, 0.3) is 0 Å². The maximum atomic E-state index is 12.2. The second-order valence-corrected chi connectivity index (χ2v) is 6.56. The van der Waals surface area contributed by atoms with E-state index in [-0.39, 0.29) is 11.2 Å². The van der Waals surface area contributed by atoms with Crippen molar-refractivity contribution in [2.45, 2.75) is 31.2 Å². The van der Waals surface area contributed by atoms with Crippen LogP contribution < -0.4 is 10.1 Å². The molecule has 0 radical (unpaired) electrons. The molecule has 2 heterocycles. The molecule has 126 valence electrons. The lowest BCUT2D eigenvalue weighted by Crippen LogP contribution is -2.22. The number of H-pyrrole nitrogens is 1. The van der Waals surface area contributed by atoms with Gasteiger partial charge in [0.2, 0.25) is 5.91 Å². The summed E-state index contributed by atoms with van der Waals surface area (Å²) in [6.07, 6.45) is 0. The first-order chi connectivity index (χ1) is 11.5. The van der Waals surface area contributed by atoms with E-state index < -0.39 is 0 Å². The molecule has 1 aromatic carbocycles. The van der Waals surface area contributed by atoms with Gasteiger partial charge in [-0.15, -0.1) is 0 Å². The van der Waals surface area contributed by atoms with Crippen molar-refractivity contribution in [1.29, 1.82) is 0 Å². The van der Waals surface area contributed by atoms with Crippen LogP contribution in [0.25, 0.3) is 11.0 Å². The zero-order chi connectivity index (χ0) is 17.1. The van der Waals surface area contributed by atoms with E-state index in [1.807, 2.05) is 32.0 Å². The first-order valence-corrected chi connectivity index (χ1v) is 8.46. The number of benzene rings is 1. The molecule has 0 aliphatic carbocycles. The maximum Gasteiger partial charge on any atom is 0.238 e. The quantitative estimate of drug-likeness (QED) is 0.665. The number of amides is 1. The first-order valence-electron chi connectivity index (χ1n) is 7.58. The minimum absolute atomic E-state index is 0.163. The van der Waals surface area contributed by atoms with Crippen molar-refractivity contribution in [3.05, 3.63) is 30.0 Å². The fourth-order valence-electron chi connectivity index (χ4n) is 2.15. The number of hydrogen-bond acceptors (Lipinski definition) is 6. The summed E-state index contributed by atoms with van der Waals surface area (Å²) in [5, 5.41) is 6.81. The minimum atomic E-state index is -0.339. The number of anilines is 1. The number of rotatable bonds is 6. The van der Waals surface area contributed by atoms with Crippen molar-refractivity contribution < 1.29 is 14.1 Å². The molecular formula is C16H18N4O3S. The topological polar surface area (TPSA) is 93.0 Å². The van der Waals surface area contributed by atoms with Gasteiger partial charge in [0.1, 0.15) is 11.5 Å². The summed E-state index contributed by atoms with van der Waals surface area (Å²) in [4.78, 5) is 19.9. The Morgan fingerprint density at radius 3 is 3.00 bits per heavy atom. The Labute approximate surface area is 143 Å². The molecule has 1 atom stereocenters. The number of hydrogen-bond donors (Lipinski definition) is 2. The normalized spacial score (nSPS) is 12.3. The lowest BCUT2D eigenvalue weighted by atomic mass is 10.3. The van der Waals surface area contributed by atoms with Gasteiger partial charge in [-0.1, -0.05) is 16.9 Å². The molecule has 3 aromatic rings. The summed E-state index contributed by atoms with van der Waals surface area (Å²) >= 11 is 1.34. The van der Waals surface area contributed by atoms with Crippen LogP contribution in [0.15, 0.2) is 33.9 Å². The monoisotopic (exact) mass is 346 g/mol. The van der Waals surface area contributed by atoms with Crippen molar-refractivity contribution in [2.24, 2.45) is 0 Å². The molecule has 0 saturated carbocycles. The number of aromatic amines is 1. The average Bonchev–Trinajstić information content (AvgIpc) is 3.12. The van der Waals surface area contributed by atoms with Crippen LogP contribution in [-0.2, 0) is 4.79 Å². The van der Waals surface area contributed by atoms with Gasteiger partial charge in [-0.3, -0.25) is 4.79 Å². The summed E-state index contributed by atoms with van der Waals surface area (Å²) in [5.41, 5.74) is 1.71. The van der Waals surface area contributed by atoms with Gasteiger partial charge in [0, 0.05) is 12.1 Å². The smallest absolute Gasteiger partial charge is 0.238 e. The first kappa shape index (κ1) is 16.4. The van der Waals surface area contributed by atoms with Gasteiger partial charge in [-0.25, -0.2) is 4.98 Å². The van der Waals surface area contributed by atoms with Gasteiger partial charge in [0.05, 0.1) is 22.9 Å². The molecule has 0 unspecified atom stereocenters. The lowest BCUT2D eigenvalue weighted by molar-refractivity contribution is -0.115. The number of ether oxygens (including phenoxy) is 1. The number of nitrogens with one attached hydrogen (secondary N) is 2. The predicted octanol–water partition coefficient (Wildman–Crippen LogP) is 3.38. The minimum Gasteiger partial charge on any atom is -0.494 e. The summed E-state index contributed by atoms with van der Waals surface area (Å²) in [7, 11) is 0. The Kier molecular flexibility index (Phi) is 4.75. The number of carbonyl (C=O) groups is 1. The number of aromatic nitrogens is 3. The molecule has 0 saturated heterocycles. The number of thioether (sulfide) groups is 1. The summed E-state index contributed by atoms with van der Waals surface area (Å²) in [5.74, 6) is 1.69. The SMILES string of the molecule is CCOc1ccc2nc(S[C@@H](C)C(=O)Nc3cc(C)on3)[nH]c2c1. The Morgan fingerprint density at radius 2 is 2.29 bits per heavy atom. The molecule has 0 aliphatic rings. The third kappa shape index (κ3) is 3.70. The van der Waals surface area contributed by atoms with E-state index in [1.165, 1.54) is 11.8 Å². The number of carbonyl (C=O) groups excluding carboxylic acids is 1. The van der Waals surface area contributed by atoms with Crippen molar-refractivity contribution in [3.63, 3.8) is 0 Å². The molecule has 0 aliphatic heterocycles. The van der Waals surface area contributed by atoms with Crippen LogP contribution in [0.1, 0.15) is 19.6 Å². The second-order valence-electron chi connectivity index (χ2n) is 5.23. The van der Waals surface area contributed by atoms with Crippen molar-refractivity contribution in [3.8, 4) is 5.75 Å². The highest BCUT2D eigenvalue weighted by Gasteiger charge is 2.18. The number of imidazole rings is 1. The van der Waals surface area contributed by atoms with Crippen LogP contribution in [0.3, 0.4) is 0 Å². The van der Waals surface area contributed by atoms with E-state index in [2.05, 4.69) is 20.4 Å². The highest BCUT2D eigenvalue weighted by molar-refractivity contribution is 8.00. The number of nitrogens with zero attached hydrogens (tertiary/aromatic N) is 2.